The summed E-state index contributed by atoms with van der Waals surface area (Å²) in [6.45, 7) is 1.15. The number of methoxy groups -OCH3 is 1. The Hall–Kier alpha value is -2.67. The van der Waals surface area contributed by atoms with Gasteiger partial charge >= 0.3 is 5.97 Å². The van der Waals surface area contributed by atoms with Crippen molar-refractivity contribution in [3.63, 3.8) is 0 Å². The van der Waals surface area contributed by atoms with Crippen molar-refractivity contribution in [2.45, 2.75) is 57.3 Å². The first-order valence-corrected chi connectivity index (χ1v) is 11.1. The molecule has 2 atom stereocenters. The van der Waals surface area contributed by atoms with E-state index in [1.807, 2.05) is 36.4 Å². The van der Waals surface area contributed by atoms with E-state index in [1.165, 1.54) is 7.11 Å². The van der Waals surface area contributed by atoms with Gasteiger partial charge in [-0.25, -0.2) is 4.79 Å². The van der Waals surface area contributed by atoms with E-state index < -0.39 is 18.2 Å². The maximum Gasteiger partial charge on any atom is 0.340 e. The van der Waals surface area contributed by atoms with Crippen LogP contribution in [-0.2, 0) is 11.3 Å². The number of aliphatic hydroxyl groups is 2. The lowest BCUT2D eigenvalue weighted by atomic mass is 10.0. The lowest BCUT2D eigenvalue weighted by Gasteiger charge is -2.15. The van der Waals surface area contributed by atoms with Crippen LogP contribution in [0.5, 0.6) is 5.75 Å². The Kier molecular flexibility index (Phi) is 11.5. The molecule has 2 rings (SSSR count). The van der Waals surface area contributed by atoms with Gasteiger partial charge < -0.3 is 24.8 Å². The monoisotopic (exact) mass is 442 g/mol. The van der Waals surface area contributed by atoms with E-state index in [1.54, 1.807) is 24.3 Å². The molecule has 0 aromatic heterocycles. The van der Waals surface area contributed by atoms with Gasteiger partial charge in [-0.15, -0.1) is 0 Å². The molecule has 6 heteroatoms. The molecule has 0 bridgehead atoms. The fourth-order valence-corrected chi connectivity index (χ4v) is 3.50. The molecule has 32 heavy (non-hydrogen) atoms. The lowest BCUT2D eigenvalue weighted by molar-refractivity contribution is 0.0571. The number of aromatic carboxylic acids is 1. The third-order valence-electron chi connectivity index (χ3n) is 5.18. The van der Waals surface area contributed by atoms with Gasteiger partial charge in [-0.1, -0.05) is 54.6 Å². The molecule has 3 N–H and O–H groups in total. The molecular weight excluding hydrogens is 408 g/mol. The van der Waals surface area contributed by atoms with E-state index in [9.17, 15) is 20.1 Å². The number of hydrogen-bond donors (Lipinski definition) is 3. The van der Waals surface area contributed by atoms with Gasteiger partial charge in [-0.05, 0) is 55.7 Å². The van der Waals surface area contributed by atoms with Crippen LogP contribution in [-0.4, -0.2) is 47.2 Å². The summed E-state index contributed by atoms with van der Waals surface area (Å²) in [5, 5.41) is 29.7. The summed E-state index contributed by atoms with van der Waals surface area (Å²) < 4.78 is 10.7. The summed E-state index contributed by atoms with van der Waals surface area (Å²) in [4.78, 5) is 11.5. The molecular formula is C26H34O6. The first-order valence-electron chi connectivity index (χ1n) is 11.1. The zero-order chi connectivity index (χ0) is 23.2. The fourth-order valence-electron chi connectivity index (χ4n) is 3.50. The Morgan fingerprint density at radius 1 is 1.00 bits per heavy atom. The molecule has 0 aliphatic carbocycles. The normalized spacial score (nSPS) is 13.2. The number of allylic oxidation sites excluding steroid dienone is 1. The van der Waals surface area contributed by atoms with E-state index in [4.69, 9.17) is 9.47 Å². The molecule has 6 nitrogen and oxygen atoms in total. The molecule has 2 aromatic rings. The molecule has 0 unspecified atom stereocenters. The van der Waals surface area contributed by atoms with E-state index >= 15 is 0 Å². The lowest BCUT2D eigenvalue weighted by Crippen LogP contribution is -2.18. The SMILES string of the molecule is COc1cccc(/C=C/CCC[C@@H](O)C[C@@H](O)CCCOCc2ccccc2)c1C(=O)O. The number of carboxylic acids is 1. The molecule has 0 radical (unpaired) electrons. The van der Waals surface area contributed by atoms with Crippen molar-refractivity contribution < 1.29 is 29.6 Å². The number of carboxylic acid groups (broad SMARTS) is 1. The van der Waals surface area contributed by atoms with Crippen LogP contribution < -0.4 is 4.74 Å². The van der Waals surface area contributed by atoms with Crippen molar-refractivity contribution in [1.29, 1.82) is 0 Å². The highest BCUT2D eigenvalue weighted by Gasteiger charge is 2.14. The second kappa shape index (κ2) is 14.4. The Labute approximate surface area is 190 Å². The minimum absolute atomic E-state index is 0.141. The maximum absolute atomic E-state index is 11.5. The summed E-state index contributed by atoms with van der Waals surface area (Å²) in [6.07, 6.45) is 6.28. The Morgan fingerprint density at radius 2 is 1.72 bits per heavy atom. The summed E-state index contributed by atoms with van der Waals surface area (Å²) >= 11 is 0. The van der Waals surface area contributed by atoms with Crippen LogP contribution in [0.15, 0.2) is 54.6 Å². The van der Waals surface area contributed by atoms with E-state index in [0.29, 0.717) is 50.2 Å². The van der Waals surface area contributed by atoms with Crippen molar-refractivity contribution in [2.24, 2.45) is 0 Å². The summed E-state index contributed by atoms with van der Waals surface area (Å²) in [7, 11) is 1.45. The van der Waals surface area contributed by atoms with Crippen LogP contribution in [0.3, 0.4) is 0 Å². The van der Waals surface area contributed by atoms with Crippen LogP contribution in [0.25, 0.3) is 6.08 Å². The Morgan fingerprint density at radius 3 is 2.41 bits per heavy atom. The van der Waals surface area contributed by atoms with Gasteiger partial charge in [0, 0.05) is 6.61 Å². The molecule has 0 saturated carbocycles. The number of unbranched alkanes of at least 4 members (excludes halogenated alkanes) is 1. The number of rotatable bonds is 15. The van der Waals surface area contributed by atoms with Crippen LogP contribution in [0.4, 0.5) is 0 Å². The van der Waals surface area contributed by atoms with Crippen molar-refractivity contribution in [1.82, 2.24) is 0 Å². The number of ether oxygens (including phenoxy) is 2. The topological polar surface area (TPSA) is 96.2 Å². The molecule has 0 heterocycles. The van der Waals surface area contributed by atoms with E-state index in [2.05, 4.69) is 0 Å². The minimum Gasteiger partial charge on any atom is -0.496 e. The third-order valence-corrected chi connectivity index (χ3v) is 5.18. The molecule has 0 aliphatic rings. The second-order valence-corrected chi connectivity index (χ2v) is 7.79. The van der Waals surface area contributed by atoms with Gasteiger partial charge in [0.05, 0.1) is 25.9 Å². The van der Waals surface area contributed by atoms with Crippen LogP contribution in [0.1, 0.15) is 60.0 Å². The first-order chi connectivity index (χ1) is 15.5. The van der Waals surface area contributed by atoms with E-state index in [-0.39, 0.29) is 5.56 Å². The second-order valence-electron chi connectivity index (χ2n) is 7.79. The van der Waals surface area contributed by atoms with Crippen molar-refractivity contribution in [2.75, 3.05) is 13.7 Å². The van der Waals surface area contributed by atoms with Crippen molar-refractivity contribution in [3.8, 4) is 5.75 Å². The highest BCUT2D eigenvalue weighted by atomic mass is 16.5. The standard InChI is InChI=1S/C26H34O6/c1-31-24-16-8-13-21(25(24)26(29)30)12-6-3-7-14-22(27)18-23(28)15-9-17-32-19-20-10-4-2-5-11-20/h2,4-6,8,10-13,16,22-23,27-28H,3,7,9,14-15,17-19H2,1H3,(H,29,30)/b12-6+/t22-,23+/m1/s1. The average molecular weight is 443 g/mol. The molecule has 174 valence electrons. The Bertz CT molecular complexity index is 833. The van der Waals surface area contributed by atoms with Crippen LogP contribution in [0.2, 0.25) is 0 Å². The summed E-state index contributed by atoms with van der Waals surface area (Å²) in [5.41, 5.74) is 1.85. The minimum atomic E-state index is -1.03. The third kappa shape index (κ3) is 9.22. The van der Waals surface area contributed by atoms with Gasteiger partial charge in [0.2, 0.25) is 0 Å². The molecule has 0 aliphatic heterocycles. The van der Waals surface area contributed by atoms with Crippen molar-refractivity contribution in [3.05, 3.63) is 71.3 Å². The highest BCUT2D eigenvalue weighted by Crippen LogP contribution is 2.23. The summed E-state index contributed by atoms with van der Waals surface area (Å²) in [5.74, 6) is -0.702. The van der Waals surface area contributed by atoms with Gasteiger partial charge in [0.25, 0.3) is 0 Å². The molecule has 0 spiro atoms. The number of hydrogen-bond acceptors (Lipinski definition) is 5. The number of carbonyl (C=O) groups is 1. The van der Waals surface area contributed by atoms with Crippen LogP contribution >= 0.6 is 0 Å². The van der Waals surface area contributed by atoms with E-state index in [0.717, 1.165) is 18.4 Å². The number of aliphatic hydroxyl groups excluding tert-OH is 2. The van der Waals surface area contributed by atoms with Gasteiger partial charge in [-0.2, -0.15) is 0 Å². The molecule has 0 amide bonds. The fraction of sp³-hybridized carbons (Fsp3) is 0.423. The quantitative estimate of drug-likeness (QED) is 0.347. The van der Waals surface area contributed by atoms with Crippen LogP contribution in [0, 0.1) is 0 Å². The average Bonchev–Trinajstić information content (AvgIpc) is 2.78. The van der Waals surface area contributed by atoms with Gasteiger partial charge in [0.1, 0.15) is 11.3 Å². The maximum atomic E-state index is 11.5. The van der Waals surface area contributed by atoms with Gasteiger partial charge in [0.15, 0.2) is 0 Å². The van der Waals surface area contributed by atoms with Gasteiger partial charge in [-0.3, -0.25) is 0 Å². The van der Waals surface area contributed by atoms with Crippen molar-refractivity contribution >= 4 is 12.0 Å². The molecule has 2 aromatic carbocycles. The predicted octanol–water partition coefficient (Wildman–Crippen LogP) is 4.69. The zero-order valence-corrected chi connectivity index (χ0v) is 18.7. The largest absolute Gasteiger partial charge is 0.496 e. The molecule has 0 saturated heterocycles. The smallest absolute Gasteiger partial charge is 0.340 e. The summed E-state index contributed by atoms with van der Waals surface area (Å²) in [6, 6.07) is 15.1. The zero-order valence-electron chi connectivity index (χ0n) is 18.7. The predicted molar refractivity (Wildman–Crippen MR) is 125 cm³/mol. The number of benzene rings is 2. The first kappa shape index (κ1) is 25.6. The Balaban J connectivity index is 1.61. The molecule has 0 fully saturated rings. The highest BCUT2D eigenvalue weighted by molar-refractivity contribution is 5.95.